The molecule has 1 aliphatic carbocycles. The number of ether oxygens (including phenoxy) is 2. The Hall–Kier alpha value is -3.08. The van der Waals surface area contributed by atoms with E-state index in [0.29, 0.717) is 18.0 Å². The highest BCUT2D eigenvalue weighted by Crippen LogP contribution is 2.30. The minimum Gasteiger partial charge on any atom is -0.493 e. The second-order valence-corrected chi connectivity index (χ2v) is 7.01. The van der Waals surface area contributed by atoms with Gasteiger partial charge in [-0.25, -0.2) is 0 Å². The van der Waals surface area contributed by atoms with Gasteiger partial charge in [-0.2, -0.15) is 0 Å². The number of fused-ring (bicyclic) bond motifs is 2. The number of nitrogens with zero attached hydrogens (tertiary/aromatic N) is 1. The number of hydrogen-bond acceptors (Lipinski definition) is 4. The predicted octanol–water partition coefficient (Wildman–Crippen LogP) is 4.06. The Morgan fingerprint density at radius 2 is 1.82 bits per heavy atom. The van der Waals surface area contributed by atoms with E-state index >= 15 is 0 Å². The molecule has 0 saturated heterocycles. The first kappa shape index (κ1) is 18.3. The van der Waals surface area contributed by atoms with E-state index in [1.54, 1.807) is 14.2 Å². The highest BCUT2D eigenvalue weighted by molar-refractivity contribution is 6.07. The summed E-state index contributed by atoms with van der Waals surface area (Å²) in [5.74, 6) is 1.28. The highest BCUT2D eigenvalue weighted by Gasteiger charge is 2.22. The van der Waals surface area contributed by atoms with Gasteiger partial charge in [0.05, 0.1) is 25.3 Å². The first-order valence-electron chi connectivity index (χ1n) is 9.61. The SMILES string of the molecule is COc1ccc(CNC(=O)c2c3c(nc4ccccc24)CCCC3)cc1OC. The molecule has 0 fully saturated rings. The second-order valence-electron chi connectivity index (χ2n) is 7.01. The Balaban J connectivity index is 1.64. The van der Waals surface area contributed by atoms with Crippen molar-refractivity contribution in [1.82, 2.24) is 10.3 Å². The lowest BCUT2D eigenvalue weighted by molar-refractivity contribution is 0.0951. The van der Waals surface area contributed by atoms with Crippen LogP contribution in [0.5, 0.6) is 11.5 Å². The van der Waals surface area contributed by atoms with Crippen LogP contribution in [0.2, 0.25) is 0 Å². The van der Waals surface area contributed by atoms with Gasteiger partial charge in [-0.15, -0.1) is 0 Å². The summed E-state index contributed by atoms with van der Waals surface area (Å²) in [6.07, 6.45) is 4.08. The molecule has 1 heterocycles. The van der Waals surface area contributed by atoms with Gasteiger partial charge in [-0.3, -0.25) is 9.78 Å². The van der Waals surface area contributed by atoms with Crippen LogP contribution < -0.4 is 14.8 Å². The smallest absolute Gasteiger partial charge is 0.252 e. The Bertz CT molecular complexity index is 1030. The van der Waals surface area contributed by atoms with Gasteiger partial charge in [0.25, 0.3) is 5.91 Å². The van der Waals surface area contributed by atoms with Gasteiger partial charge in [-0.1, -0.05) is 24.3 Å². The van der Waals surface area contributed by atoms with Gasteiger partial charge in [0.1, 0.15) is 0 Å². The number of hydrogen-bond donors (Lipinski definition) is 1. The maximum absolute atomic E-state index is 13.2. The summed E-state index contributed by atoms with van der Waals surface area (Å²) in [6, 6.07) is 13.6. The van der Waals surface area contributed by atoms with Gasteiger partial charge >= 0.3 is 0 Å². The number of para-hydroxylation sites is 1. The molecule has 144 valence electrons. The van der Waals surface area contributed by atoms with Crippen molar-refractivity contribution in [3.8, 4) is 11.5 Å². The first-order valence-corrected chi connectivity index (χ1v) is 9.61. The number of amides is 1. The number of aryl methyl sites for hydroxylation is 1. The first-order chi connectivity index (χ1) is 13.7. The molecule has 0 unspecified atom stereocenters. The lowest BCUT2D eigenvalue weighted by atomic mass is 9.89. The lowest BCUT2D eigenvalue weighted by Gasteiger charge is -2.20. The van der Waals surface area contributed by atoms with Crippen LogP contribution in [0.25, 0.3) is 10.9 Å². The van der Waals surface area contributed by atoms with Gasteiger partial charge in [-0.05, 0) is 55.0 Å². The predicted molar refractivity (Wildman–Crippen MR) is 109 cm³/mol. The van der Waals surface area contributed by atoms with Crippen molar-refractivity contribution in [3.05, 3.63) is 64.8 Å². The lowest BCUT2D eigenvalue weighted by Crippen LogP contribution is -2.26. The molecule has 0 aliphatic heterocycles. The molecule has 0 spiro atoms. The molecule has 1 N–H and O–H groups in total. The summed E-state index contributed by atoms with van der Waals surface area (Å²) in [4.78, 5) is 18.0. The largest absolute Gasteiger partial charge is 0.493 e. The third kappa shape index (κ3) is 3.40. The van der Waals surface area contributed by atoms with Gasteiger partial charge < -0.3 is 14.8 Å². The van der Waals surface area contributed by atoms with Gasteiger partial charge in [0, 0.05) is 17.6 Å². The zero-order valence-corrected chi connectivity index (χ0v) is 16.2. The number of nitrogens with one attached hydrogen (secondary N) is 1. The normalized spacial score (nSPS) is 13.1. The summed E-state index contributed by atoms with van der Waals surface area (Å²) in [5.41, 5.74) is 4.80. The number of benzene rings is 2. The van der Waals surface area contributed by atoms with Crippen LogP contribution in [-0.2, 0) is 19.4 Å². The fraction of sp³-hybridized carbons (Fsp3) is 0.304. The van der Waals surface area contributed by atoms with Crippen molar-refractivity contribution in [2.45, 2.75) is 32.2 Å². The van der Waals surface area contributed by atoms with E-state index in [0.717, 1.165) is 59.0 Å². The standard InChI is InChI=1S/C23H24N2O3/c1-27-20-12-11-15(13-21(20)28-2)14-24-23(26)22-16-7-3-5-9-18(16)25-19-10-6-4-8-17(19)22/h3,5,7,9,11-13H,4,6,8,10,14H2,1-2H3,(H,24,26). The van der Waals surface area contributed by atoms with Crippen molar-refractivity contribution in [1.29, 1.82) is 0 Å². The highest BCUT2D eigenvalue weighted by atomic mass is 16.5. The van der Waals surface area contributed by atoms with Crippen LogP contribution in [0.1, 0.15) is 40.0 Å². The van der Waals surface area contributed by atoms with Crippen molar-refractivity contribution in [3.63, 3.8) is 0 Å². The molecule has 5 heteroatoms. The molecular weight excluding hydrogens is 352 g/mol. The van der Waals surface area contributed by atoms with E-state index in [1.165, 1.54) is 0 Å². The second kappa shape index (κ2) is 7.89. The summed E-state index contributed by atoms with van der Waals surface area (Å²) < 4.78 is 10.6. The van der Waals surface area contributed by atoms with E-state index in [9.17, 15) is 4.79 Å². The number of carbonyl (C=O) groups is 1. The third-order valence-corrected chi connectivity index (χ3v) is 5.30. The number of methoxy groups -OCH3 is 2. The van der Waals surface area contributed by atoms with Crippen LogP contribution in [0.4, 0.5) is 0 Å². The van der Waals surface area contributed by atoms with E-state index in [4.69, 9.17) is 14.5 Å². The number of aromatic nitrogens is 1. The topological polar surface area (TPSA) is 60.5 Å². The Labute approximate surface area is 164 Å². The van der Waals surface area contributed by atoms with Crippen molar-refractivity contribution in [2.75, 3.05) is 14.2 Å². The average molecular weight is 376 g/mol. The van der Waals surface area contributed by atoms with E-state index in [2.05, 4.69) is 5.32 Å². The van der Waals surface area contributed by atoms with Crippen molar-refractivity contribution in [2.24, 2.45) is 0 Å². The summed E-state index contributed by atoms with van der Waals surface area (Å²) in [7, 11) is 3.21. The molecule has 2 aromatic carbocycles. The van der Waals surface area contributed by atoms with Crippen LogP contribution in [0.15, 0.2) is 42.5 Å². The van der Waals surface area contributed by atoms with Crippen LogP contribution in [-0.4, -0.2) is 25.1 Å². The molecule has 0 atom stereocenters. The third-order valence-electron chi connectivity index (χ3n) is 5.30. The van der Waals surface area contributed by atoms with Gasteiger partial charge in [0.15, 0.2) is 11.5 Å². The molecule has 0 saturated carbocycles. The Morgan fingerprint density at radius 3 is 2.64 bits per heavy atom. The maximum Gasteiger partial charge on any atom is 0.252 e. The summed E-state index contributed by atoms with van der Waals surface area (Å²) in [5, 5.41) is 4.01. The molecule has 28 heavy (non-hydrogen) atoms. The maximum atomic E-state index is 13.2. The zero-order chi connectivity index (χ0) is 19.5. The van der Waals surface area contributed by atoms with E-state index < -0.39 is 0 Å². The number of pyridine rings is 1. The minimum atomic E-state index is -0.0495. The molecule has 0 bridgehead atoms. The summed E-state index contributed by atoms with van der Waals surface area (Å²) >= 11 is 0. The van der Waals surface area contributed by atoms with Crippen LogP contribution >= 0.6 is 0 Å². The molecule has 5 nitrogen and oxygen atoms in total. The molecule has 1 aliphatic rings. The average Bonchev–Trinajstić information content (AvgIpc) is 2.75. The Morgan fingerprint density at radius 1 is 1.04 bits per heavy atom. The number of carbonyl (C=O) groups excluding carboxylic acids is 1. The van der Waals surface area contributed by atoms with Crippen molar-refractivity contribution >= 4 is 16.8 Å². The van der Waals surface area contributed by atoms with Gasteiger partial charge in [0.2, 0.25) is 0 Å². The number of rotatable bonds is 5. The van der Waals surface area contributed by atoms with E-state index in [-0.39, 0.29) is 5.91 Å². The Kier molecular flexibility index (Phi) is 5.15. The molecule has 1 amide bonds. The molecule has 0 radical (unpaired) electrons. The molecular formula is C23H24N2O3. The fourth-order valence-electron chi connectivity index (χ4n) is 3.89. The summed E-state index contributed by atoms with van der Waals surface area (Å²) in [6.45, 7) is 0.421. The molecule has 3 aromatic rings. The van der Waals surface area contributed by atoms with Crippen LogP contribution in [0, 0.1) is 0 Å². The quantitative estimate of drug-likeness (QED) is 0.729. The van der Waals surface area contributed by atoms with Crippen molar-refractivity contribution < 1.29 is 14.3 Å². The minimum absolute atomic E-state index is 0.0495. The molecule has 4 rings (SSSR count). The zero-order valence-electron chi connectivity index (χ0n) is 16.2. The fourth-order valence-corrected chi connectivity index (χ4v) is 3.89. The monoisotopic (exact) mass is 376 g/mol. The van der Waals surface area contributed by atoms with Crippen LogP contribution in [0.3, 0.4) is 0 Å². The van der Waals surface area contributed by atoms with E-state index in [1.807, 2.05) is 42.5 Å². The molecule has 1 aromatic heterocycles.